The molecule has 2 aliphatic rings. The lowest BCUT2D eigenvalue weighted by Gasteiger charge is -2.11. The van der Waals surface area contributed by atoms with Crippen LogP contribution in [0.15, 0.2) is 22.8 Å². The highest BCUT2D eigenvalue weighted by Gasteiger charge is 2.46. The van der Waals surface area contributed by atoms with E-state index in [0.29, 0.717) is 5.82 Å². The van der Waals surface area contributed by atoms with Gasteiger partial charge in [-0.3, -0.25) is 5.10 Å². The van der Waals surface area contributed by atoms with Crippen molar-refractivity contribution in [3.05, 3.63) is 22.8 Å². The maximum atomic E-state index is 5.96. The Hall–Kier alpha value is -1.69. The predicted octanol–water partition coefficient (Wildman–Crippen LogP) is 2.97. The van der Waals surface area contributed by atoms with E-state index in [1.54, 1.807) is 6.20 Å². The van der Waals surface area contributed by atoms with Gasteiger partial charge in [0.25, 0.3) is 0 Å². The van der Waals surface area contributed by atoms with Gasteiger partial charge in [0.05, 0.1) is 23.9 Å². The van der Waals surface area contributed by atoms with Crippen molar-refractivity contribution in [2.75, 3.05) is 18.9 Å². The van der Waals surface area contributed by atoms with Crippen molar-refractivity contribution >= 4 is 21.7 Å². The molecule has 6 heteroatoms. The van der Waals surface area contributed by atoms with Crippen LogP contribution in [0.4, 0.5) is 5.82 Å². The van der Waals surface area contributed by atoms with Crippen LogP contribution >= 0.6 is 15.9 Å². The minimum atomic E-state index is 0.229. The first-order valence-electron chi connectivity index (χ1n) is 6.55. The highest BCUT2D eigenvalue weighted by Crippen LogP contribution is 2.51. The summed E-state index contributed by atoms with van der Waals surface area (Å²) in [6.07, 6.45) is 4.07. The van der Waals surface area contributed by atoms with Gasteiger partial charge in [0, 0.05) is 11.0 Å². The minimum absolute atomic E-state index is 0.229. The van der Waals surface area contributed by atoms with Crippen molar-refractivity contribution in [2.45, 2.75) is 12.8 Å². The number of nitrogens with two attached hydrogens (primary N) is 1. The Morgan fingerprint density at radius 2 is 2.05 bits per heavy atom. The van der Waals surface area contributed by atoms with Crippen LogP contribution < -0.4 is 15.2 Å². The Morgan fingerprint density at radius 1 is 1.25 bits per heavy atom. The number of benzene rings is 1. The highest BCUT2D eigenvalue weighted by atomic mass is 79.9. The lowest BCUT2D eigenvalue weighted by molar-refractivity contribution is 0.196. The van der Waals surface area contributed by atoms with Crippen LogP contribution in [-0.4, -0.2) is 23.4 Å². The molecule has 2 aromatic rings. The number of halogens is 1. The third-order valence-corrected chi connectivity index (χ3v) is 4.59. The van der Waals surface area contributed by atoms with E-state index >= 15 is 0 Å². The number of aromatic amines is 1. The molecule has 4 rings (SSSR count). The molecule has 1 aromatic heterocycles. The van der Waals surface area contributed by atoms with Crippen LogP contribution in [0.2, 0.25) is 0 Å². The van der Waals surface area contributed by atoms with Gasteiger partial charge >= 0.3 is 0 Å². The molecule has 1 spiro atoms. The van der Waals surface area contributed by atoms with E-state index in [-0.39, 0.29) is 5.41 Å². The zero-order valence-corrected chi connectivity index (χ0v) is 12.4. The van der Waals surface area contributed by atoms with Crippen LogP contribution in [0, 0.1) is 5.41 Å². The zero-order valence-electron chi connectivity index (χ0n) is 10.8. The Labute approximate surface area is 124 Å². The summed E-state index contributed by atoms with van der Waals surface area (Å²) in [7, 11) is 0. The topological polar surface area (TPSA) is 73.2 Å². The monoisotopic (exact) mass is 335 g/mol. The second-order valence-electron chi connectivity index (χ2n) is 5.56. The Morgan fingerprint density at radius 3 is 2.75 bits per heavy atom. The van der Waals surface area contributed by atoms with Gasteiger partial charge in [-0.1, -0.05) is 0 Å². The molecule has 0 amide bonds. The minimum Gasteiger partial charge on any atom is -0.489 e. The number of hydrogen-bond acceptors (Lipinski definition) is 4. The number of ether oxygens (including phenoxy) is 2. The summed E-state index contributed by atoms with van der Waals surface area (Å²) in [4.78, 5) is 0. The number of anilines is 1. The molecule has 1 aliphatic carbocycles. The van der Waals surface area contributed by atoms with Crippen molar-refractivity contribution < 1.29 is 9.47 Å². The van der Waals surface area contributed by atoms with Gasteiger partial charge in [0.15, 0.2) is 11.5 Å². The molecule has 20 heavy (non-hydrogen) atoms. The normalized spacial score (nSPS) is 18.9. The van der Waals surface area contributed by atoms with Crippen LogP contribution in [0.1, 0.15) is 12.8 Å². The van der Waals surface area contributed by atoms with Crippen LogP contribution in [0.5, 0.6) is 11.5 Å². The number of nitrogen functional groups attached to an aromatic ring is 1. The number of fused-ring (bicyclic) bond motifs is 1. The van der Waals surface area contributed by atoms with Crippen molar-refractivity contribution in [3.8, 4) is 22.6 Å². The molecule has 1 aromatic carbocycles. The Kier molecular flexibility index (Phi) is 2.51. The maximum Gasteiger partial charge on any atom is 0.175 e. The lowest BCUT2D eigenvalue weighted by atomic mass is 10.1. The Balaban J connectivity index is 1.77. The molecule has 0 radical (unpaired) electrons. The molecule has 5 nitrogen and oxygen atoms in total. The van der Waals surface area contributed by atoms with Crippen LogP contribution in [0.3, 0.4) is 0 Å². The van der Waals surface area contributed by atoms with Crippen molar-refractivity contribution in [1.82, 2.24) is 10.2 Å². The summed E-state index contributed by atoms with van der Waals surface area (Å²) in [5.74, 6) is 2.09. The molecule has 0 bridgehead atoms. The molecule has 104 valence electrons. The average molecular weight is 336 g/mol. The highest BCUT2D eigenvalue weighted by molar-refractivity contribution is 9.10. The molecular formula is C14H14BrN3O2. The molecule has 1 fully saturated rings. The molecule has 0 unspecified atom stereocenters. The van der Waals surface area contributed by atoms with Gasteiger partial charge in [-0.05, 0) is 46.5 Å². The van der Waals surface area contributed by atoms with E-state index in [0.717, 1.165) is 40.3 Å². The molecular weight excluding hydrogens is 322 g/mol. The average Bonchev–Trinajstić information content (AvgIpc) is 3.12. The van der Waals surface area contributed by atoms with Gasteiger partial charge in [-0.15, -0.1) is 0 Å². The SMILES string of the molecule is Nc1[nH]ncc1-c1cc(Br)c2c(c1)OCC1(CC1)CO2. The summed E-state index contributed by atoms with van der Waals surface area (Å²) >= 11 is 3.56. The van der Waals surface area contributed by atoms with Crippen molar-refractivity contribution in [1.29, 1.82) is 0 Å². The van der Waals surface area contributed by atoms with Crippen LogP contribution in [-0.2, 0) is 0 Å². The summed E-state index contributed by atoms with van der Waals surface area (Å²) in [5.41, 5.74) is 7.93. The van der Waals surface area contributed by atoms with E-state index in [1.165, 1.54) is 12.8 Å². The van der Waals surface area contributed by atoms with E-state index in [2.05, 4.69) is 26.1 Å². The van der Waals surface area contributed by atoms with E-state index in [1.807, 2.05) is 12.1 Å². The van der Waals surface area contributed by atoms with Gasteiger partial charge in [-0.2, -0.15) is 5.10 Å². The summed E-state index contributed by atoms with van der Waals surface area (Å²) in [6.45, 7) is 1.45. The third-order valence-electron chi connectivity index (χ3n) is 4.00. The number of rotatable bonds is 1. The van der Waals surface area contributed by atoms with Gasteiger partial charge in [0.1, 0.15) is 5.82 Å². The number of hydrogen-bond donors (Lipinski definition) is 2. The number of aromatic nitrogens is 2. The summed E-state index contributed by atoms with van der Waals surface area (Å²) in [5, 5.41) is 6.70. The number of H-pyrrole nitrogens is 1. The first-order chi connectivity index (χ1) is 9.67. The van der Waals surface area contributed by atoms with Gasteiger partial charge < -0.3 is 15.2 Å². The molecule has 0 atom stereocenters. The van der Waals surface area contributed by atoms with Gasteiger partial charge in [0.2, 0.25) is 0 Å². The van der Waals surface area contributed by atoms with E-state index in [9.17, 15) is 0 Å². The second-order valence-corrected chi connectivity index (χ2v) is 6.41. The quantitative estimate of drug-likeness (QED) is 0.840. The molecule has 1 saturated carbocycles. The first kappa shape index (κ1) is 12.1. The third kappa shape index (κ3) is 1.86. The van der Waals surface area contributed by atoms with Crippen molar-refractivity contribution in [3.63, 3.8) is 0 Å². The number of nitrogens with zero attached hydrogens (tertiary/aromatic N) is 1. The largest absolute Gasteiger partial charge is 0.489 e. The number of nitrogens with one attached hydrogen (secondary N) is 1. The predicted molar refractivity (Wildman–Crippen MR) is 78.8 cm³/mol. The summed E-state index contributed by atoms with van der Waals surface area (Å²) in [6, 6.07) is 3.94. The molecule has 0 saturated heterocycles. The lowest BCUT2D eigenvalue weighted by Crippen LogP contribution is -2.17. The Bertz CT molecular complexity index is 679. The second kappa shape index (κ2) is 4.15. The van der Waals surface area contributed by atoms with Gasteiger partial charge in [-0.25, -0.2) is 0 Å². The van der Waals surface area contributed by atoms with Crippen LogP contribution in [0.25, 0.3) is 11.1 Å². The maximum absolute atomic E-state index is 5.96. The van der Waals surface area contributed by atoms with Crippen molar-refractivity contribution in [2.24, 2.45) is 5.41 Å². The standard InChI is InChI=1S/C14H14BrN3O2/c15-10-3-8(9-5-17-18-13(9)16)4-11-12(10)20-7-14(1-2-14)6-19-11/h3-5H,1-2,6-7H2,(H3,16,17,18). The van der Waals surface area contributed by atoms with E-state index in [4.69, 9.17) is 15.2 Å². The molecule has 1 aliphatic heterocycles. The molecule has 2 heterocycles. The molecule has 3 N–H and O–H groups in total. The first-order valence-corrected chi connectivity index (χ1v) is 7.35. The summed E-state index contributed by atoms with van der Waals surface area (Å²) < 4.78 is 12.8. The van der Waals surface area contributed by atoms with E-state index < -0.39 is 0 Å². The fraction of sp³-hybridized carbons (Fsp3) is 0.357. The smallest absolute Gasteiger partial charge is 0.175 e. The fourth-order valence-electron chi connectivity index (χ4n) is 2.46. The zero-order chi connectivity index (χ0) is 13.7. The fourth-order valence-corrected chi connectivity index (χ4v) is 3.02.